The van der Waals surface area contributed by atoms with Gasteiger partial charge in [-0.2, -0.15) is 0 Å². The van der Waals surface area contributed by atoms with Crippen molar-refractivity contribution in [1.82, 2.24) is 15.3 Å². The Labute approximate surface area is 121 Å². The number of alkyl halides is 2. The Bertz CT molecular complexity index is 687. The van der Waals surface area contributed by atoms with Crippen molar-refractivity contribution in [3.63, 3.8) is 0 Å². The first kappa shape index (κ1) is 13.7. The number of nitrogens with zero attached hydrogens (tertiary/aromatic N) is 1. The zero-order valence-electron chi connectivity index (χ0n) is 11.3. The summed E-state index contributed by atoms with van der Waals surface area (Å²) >= 11 is 0. The van der Waals surface area contributed by atoms with E-state index >= 15 is 0 Å². The molecule has 21 heavy (non-hydrogen) atoms. The summed E-state index contributed by atoms with van der Waals surface area (Å²) in [5.41, 5.74) is 2.97. The lowest BCUT2D eigenvalue weighted by molar-refractivity contribution is 0.151. The zero-order valence-corrected chi connectivity index (χ0v) is 11.3. The van der Waals surface area contributed by atoms with E-state index in [0.29, 0.717) is 13.1 Å². The highest BCUT2D eigenvalue weighted by molar-refractivity contribution is 5.74. The fraction of sp³-hybridized carbons (Fsp3) is 0.188. The van der Waals surface area contributed by atoms with Gasteiger partial charge in [-0.1, -0.05) is 36.4 Å². The number of aromatic amines is 1. The third-order valence-electron chi connectivity index (χ3n) is 3.29. The van der Waals surface area contributed by atoms with Gasteiger partial charge in [0.1, 0.15) is 5.82 Å². The van der Waals surface area contributed by atoms with E-state index in [0.717, 1.165) is 22.4 Å². The number of rotatable bonds is 5. The molecule has 0 aliphatic carbocycles. The van der Waals surface area contributed by atoms with Crippen molar-refractivity contribution in [3.8, 4) is 0 Å². The van der Waals surface area contributed by atoms with Crippen LogP contribution >= 0.6 is 0 Å². The molecule has 2 aromatic carbocycles. The number of nitrogens with one attached hydrogen (secondary N) is 2. The van der Waals surface area contributed by atoms with Gasteiger partial charge >= 0.3 is 0 Å². The summed E-state index contributed by atoms with van der Waals surface area (Å²) in [6, 6.07) is 14.2. The molecule has 2 N–H and O–H groups in total. The number of fused-ring (bicyclic) bond motifs is 1. The molecule has 1 heterocycles. The third-order valence-corrected chi connectivity index (χ3v) is 3.29. The van der Waals surface area contributed by atoms with Crippen molar-refractivity contribution in [2.75, 3.05) is 0 Å². The van der Waals surface area contributed by atoms with Gasteiger partial charge in [-0.3, -0.25) is 0 Å². The van der Waals surface area contributed by atoms with Crippen molar-refractivity contribution in [3.05, 3.63) is 65.5 Å². The lowest BCUT2D eigenvalue weighted by atomic mass is 10.1. The van der Waals surface area contributed by atoms with E-state index in [4.69, 9.17) is 0 Å². The largest absolute Gasteiger partial charge is 0.341 e. The lowest BCUT2D eigenvalue weighted by Crippen LogP contribution is -2.13. The standard InChI is InChI=1S/C16H15F2N3/c17-16(18)12-7-5-11(6-8-12)9-19-10-15-20-13-3-1-2-4-14(13)21-15/h1-8,16,19H,9-10H2,(H,20,21). The van der Waals surface area contributed by atoms with Gasteiger partial charge in [0, 0.05) is 12.1 Å². The van der Waals surface area contributed by atoms with Gasteiger partial charge in [-0.15, -0.1) is 0 Å². The molecule has 1 aromatic heterocycles. The zero-order chi connectivity index (χ0) is 14.7. The Balaban J connectivity index is 1.58. The van der Waals surface area contributed by atoms with Crippen LogP contribution in [-0.2, 0) is 13.1 Å². The summed E-state index contributed by atoms with van der Waals surface area (Å²) < 4.78 is 24.9. The first-order chi connectivity index (χ1) is 10.2. The number of para-hydroxylation sites is 2. The predicted octanol–water partition coefficient (Wildman–Crippen LogP) is 3.79. The highest BCUT2D eigenvalue weighted by atomic mass is 19.3. The van der Waals surface area contributed by atoms with Gasteiger partial charge < -0.3 is 10.3 Å². The molecule has 0 spiro atoms. The normalized spacial score (nSPS) is 11.4. The fourth-order valence-corrected chi connectivity index (χ4v) is 2.20. The molecule has 0 aliphatic rings. The molecule has 0 aliphatic heterocycles. The second-order valence-electron chi connectivity index (χ2n) is 4.85. The maximum Gasteiger partial charge on any atom is 0.263 e. The average Bonchev–Trinajstić information content (AvgIpc) is 2.90. The highest BCUT2D eigenvalue weighted by Gasteiger charge is 2.06. The summed E-state index contributed by atoms with van der Waals surface area (Å²) in [4.78, 5) is 7.70. The molecule has 0 saturated carbocycles. The number of halogens is 2. The number of imidazole rings is 1. The summed E-state index contributed by atoms with van der Waals surface area (Å²) in [6.07, 6.45) is -2.41. The molecule has 108 valence electrons. The molecule has 3 rings (SSSR count). The molecular weight excluding hydrogens is 272 g/mol. The number of hydrogen-bond donors (Lipinski definition) is 2. The van der Waals surface area contributed by atoms with Crippen LogP contribution in [0.15, 0.2) is 48.5 Å². The summed E-state index contributed by atoms with van der Waals surface area (Å²) in [5, 5.41) is 3.25. The molecule has 0 unspecified atom stereocenters. The van der Waals surface area contributed by atoms with Crippen LogP contribution in [-0.4, -0.2) is 9.97 Å². The maximum atomic E-state index is 12.4. The van der Waals surface area contributed by atoms with E-state index in [1.807, 2.05) is 24.3 Å². The molecule has 0 fully saturated rings. The Kier molecular flexibility index (Phi) is 3.92. The van der Waals surface area contributed by atoms with E-state index in [-0.39, 0.29) is 5.56 Å². The summed E-state index contributed by atoms with van der Waals surface area (Å²) in [7, 11) is 0. The lowest BCUT2D eigenvalue weighted by Gasteiger charge is -2.04. The van der Waals surface area contributed by atoms with E-state index in [1.165, 1.54) is 12.1 Å². The van der Waals surface area contributed by atoms with E-state index in [1.54, 1.807) is 12.1 Å². The van der Waals surface area contributed by atoms with Crippen LogP contribution in [0.2, 0.25) is 0 Å². The van der Waals surface area contributed by atoms with Gasteiger partial charge in [0.25, 0.3) is 6.43 Å². The molecule has 0 amide bonds. The van der Waals surface area contributed by atoms with Crippen LogP contribution in [0.3, 0.4) is 0 Å². The Morgan fingerprint density at radius 3 is 2.48 bits per heavy atom. The molecule has 5 heteroatoms. The van der Waals surface area contributed by atoms with Crippen molar-refractivity contribution < 1.29 is 8.78 Å². The smallest absolute Gasteiger partial charge is 0.263 e. The molecule has 0 saturated heterocycles. The monoisotopic (exact) mass is 287 g/mol. The van der Waals surface area contributed by atoms with Crippen molar-refractivity contribution in [2.45, 2.75) is 19.5 Å². The minimum absolute atomic E-state index is 0.0519. The van der Waals surface area contributed by atoms with Crippen LogP contribution < -0.4 is 5.32 Å². The first-order valence-electron chi connectivity index (χ1n) is 6.74. The molecular formula is C16H15F2N3. The van der Waals surface area contributed by atoms with E-state index in [2.05, 4.69) is 15.3 Å². The van der Waals surface area contributed by atoms with E-state index < -0.39 is 6.43 Å². The van der Waals surface area contributed by atoms with Crippen molar-refractivity contribution >= 4 is 11.0 Å². The summed E-state index contributed by atoms with van der Waals surface area (Å²) in [5.74, 6) is 0.861. The molecule has 0 radical (unpaired) electrons. The second kappa shape index (κ2) is 6.01. The molecule has 0 atom stereocenters. The van der Waals surface area contributed by atoms with Gasteiger partial charge in [-0.25, -0.2) is 13.8 Å². The second-order valence-corrected chi connectivity index (χ2v) is 4.85. The Hall–Kier alpha value is -2.27. The first-order valence-corrected chi connectivity index (χ1v) is 6.74. The molecule has 3 nitrogen and oxygen atoms in total. The SMILES string of the molecule is FC(F)c1ccc(CNCc2nc3ccccc3[nH]2)cc1. The van der Waals surface area contributed by atoms with Crippen LogP contribution in [0, 0.1) is 0 Å². The third kappa shape index (κ3) is 3.25. The topological polar surface area (TPSA) is 40.7 Å². The minimum Gasteiger partial charge on any atom is -0.341 e. The van der Waals surface area contributed by atoms with Crippen molar-refractivity contribution in [1.29, 1.82) is 0 Å². The maximum absolute atomic E-state index is 12.4. The van der Waals surface area contributed by atoms with Crippen molar-refractivity contribution in [2.24, 2.45) is 0 Å². The van der Waals surface area contributed by atoms with Gasteiger partial charge in [0.2, 0.25) is 0 Å². The number of benzene rings is 2. The van der Waals surface area contributed by atoms with Gasteiger partial charge in [-0.05, 0) is 17.7 Å². The number of aromatic nitrogens is 2. The Morgan fingerprint density at radius 1 is 1.00 bits per heavy atom. The Morgan fingerprint density at radius 2 is 1.76 bits per heavy atom. The number of H-pyrrole nitrogens is 1. The van der Waals surface area contributed by atoms with Crippen LogP contribution in [0.25, 0.3) is 11.0 Å². The van der Waals surface area contributed by atoms with Gasteiger partial charge in [0.15, 0.2) is 0 Å². The minimum atomic E-state index is -2.41. The molecule has 0 bridgehead atoms. The number of hydrogen-bond acceptors (Lipinski definition) is 2. The van der Waals surface area contributed by atoms with Gasteiger partial charge in [0.05, 0.1) is 17.6 Å². The average molecular weight is 287 g/mol. The predicted molar refractivity (Wildman–Crippen MR) is 78.0 cm³/mol. The highest BCUT2D eigenvalue weighted by Crippen LogP contribution is 2.18. The van der Waals surface area contributed by atoms with E-state index in [9.17, 15) is 8.78 Å². The fourth-order valence-electron chi connectivity index (χ4n) is 2.20. The van der Waals surface area contributed by atoms with Crippen LogP contribution in [0.5, 0.6) is 0 Å². The summed E-state index contributed by atoms with van der Waals surface area (Å²) in [6.45, 7) is 1.21. The molecule has 3 aromatic rings. The van der Waals surface area contributed by atoms with Crippen LogP contribution in [0.1, 0.15) is 23.4 Å². The quantitative estimate of drug-likeness (QED) is 0.749. The van der Waals surface area contributed by atoms with Crippen LogP contribution in [0.4, 0.5) is 8.78 Å².